The highest BCUT2D eigenvalue weighted by atomic mass is 35.5. The van der Waals surface area contributed by atoms with Gasteiger partial charge in [0.15, 0.2) is 0 Å². The maximum absolute atomic E-state index is 5.87. The Morgan fingerprint density at radius 1 is 1.70 bits per heavy atom. The first-order chi connectivity index (χ1) is 4.45. The SMILES string of the molecule is C=C(C)[C@H](C)[C@H]1CC1(Cl)Cl. The van der Waals surface area contributed by atoms with E-state index in [4.69, 9.17) is 23.2 Å². The van der Waals surface area contributed by atoms with Crippen molar-refractivity contribution in [3.63, 3.8) is 0 Å². The summed E-state index contributed by atoms with van der Waals surface area (Å²) in [4.78, 5) is 0. The molecule has 0 bridgehead atoms. The molecule has 0 aliphatic heterocycles. The van der Waals surface area contributed by atoms with Crippen molar-refractivity contribution in [2.24, 2.45) is 11.8 Å². The normalized spacial score (nSPS) is 31.4. The number of hydrogen-bond donors (Lipinski definition) is 0. The van der Waals surface area contributed by atoms with Crippen LogP contribution in [0.15, 0.2) is 12.2 Å². The fourth-order valence-electron chi connectivity index (χ4n) is 1.12. The fraction of sp³-hybridized carbons (Fsp3) is 0.750. The molecule has 0 radical (unpaired) electrons. The van der Waals surface area contributed by atoms with Crippen LogP contribution >= 0.6 is 23.2 Å². The van der Waals surface area contributed by atoms with Crippen molar-refractivity contribution in [3.8, 4) is 0 Å². The Morgan fingerprint density at radius 2 is 2.10 bits per heavy atom. The number of rotatable bonds is 2. The van der Waals surface area contributed by atoms with Crippen molar-refractivity contribution >= 4 is 23.2 Å². The molecule has 0 unspecified atom stereocenters. The predicted octanol–water partition coefficient (Wildman–Crippen LogP) is 3.39. The van der Waals surface area contributed by atoms with Crippen LogP contribution < -0.4 is 0 Å². The molecule has 2 heteroatoms. The molecule has 0 heterocycles. The van der Waals surface area contributed by atoms with E-state index in [1.807, 2.05) is 6.92 Å². The molecule has 1 aliphatic carbocycles. The first-order valence-electron chi connectivity index (χ1n) is 3.48. The van der Waals surface area contributed by atoms with Gasteiger partial charge in [-0.05, 0) is 19.3 Å². The smallest absolute Gasteiger partial charge is 0.101 e. The Bertz CT molecular complexity index is 161. The highest BCUT2D eigenvalue weighted by molar-refractivity contribution is 6.50. The second-order valence-electron chi connectivity index (χ2n) is 3.21. The lowest BCUT2D eigenvalue weighted by atomic mass is 9.99. The topological polar surface area (TPSA) is 0 Å². The standard InChI is InChI=1S/C8H12Cl2/c1-5(2)6(3)7-4-8(7,9)10/h6-7H,1,4H2,2-3H3/t6-,7+/m0/s1. The van der Waals surface area contributed by atoms with Gasteiger partial charge in [-0.15, -0.1) is 23.2 Å². The Labute approximate surface area is 72.2 Å². The van der Waals surface area contributed by atoms with Crippen molar-refractivity contribution in [3.05, 3.63) is 12.2 Å². The van der Waals surface area contributed by atoms with Crippen LogP contribution in [0, 0.1) is 11.8 Å². The van der Waals surface area contributed by atoms with Gasteiger partial charge < -0.3 is 0 Å². The van der Waals surface area contributed by atoms with E-state index in [1.54, 1.807) is 0 Å². The maximum Gasteiger partial charge on any atom is 0.122 e. The van der Waals surface area contributed by atoms with E-state index in [-0.39, 0.29) is 0 Å². The van der Waals surface area contributed by atoms with E-state index in [9.17, 15) is 0 Å². The Balaban J connectivity index is 2.47. The molecular weight excluding hydrogens is 167 g/mol. The monoisotopic (exact) mass is 178 g/mol. The molecule has 0 N–H and O–H groups in total. The summed E-state index contributed by atoms with van der Waals surface area (Å²) >= 11 is 11.7. The van der Waals surface area contributed by atoms with Gasteiger partial charge in [0, 0.05) is 5.92 Å². The lowest BCUT2D eigenvalue weighted by Gasteiger charge is -2.09. The summed E-state index contributed by atoms with van der Waals surface area (Å²) in [6.07, 6.45) is 0.921. The highest BCUT2D eigenvalue weighted by Crippen LogP contribution is 2.57. The van der Waals surface area contributed by atoms with Gasteiger partial charge in [-0.1, -0.05) is 19.1 Å². The van der Waals surface area contributed by atoms with Gasteiger partial charge in [-0.3, -0.25) is 0 Å². The first kappa shape index (κ1) is 8.42. The molecule has 2 atom stereocenters. The number of allylic oxidation sites excluding steroid dienone is 1. The van der Waals surface area contributed by atoms with Gasteiger partial charge in [-0.2, -0.15) is 0 Å². The average Bonchev–Trinajstić information content (AvgIpc) is 2.38. The lowest BCUT2D eigenvalue weighted by Crippen LogP contribution is -2.03. The Hall–Kier alpha value is 0.320. The molecule has 1 aliphatic rings. The van der Waals surface area contributed by atoms with E-state index in [0.717, 1.165) is 6.42 Å². The molecular formula is C8H12Cl2. The molecule has 0 spiro atoms. The molecule has 1 rings (SSSR count). The summed E-state index contributed by atoms with van der Waals surface area (Å²) < 4.78 is -0.446. The van der Waals surface area contributed by atoms with E-state index in [0.29, 0.717) is 11.8 Å². The minimum absolute atomic E-state index is 0.438. The van der Waals surface area contributed by atoms with Crippen LogP contribution in [0.25, 0.3) is 0 Å². The molecule has 10 heavy (non-hydrogen) atoms. The first-order valence-corrected chi connectivity index (χ1v) is 4.24. The van der Waals surface area contributed by atoms with Crippen LogP contribution in [0.3, 0.4) is 0 Å². The number of alkyl halides is 2. The zero-order valence-corrected chi connectivity index (χ0v) is 7.84. The third kappa shape index (κ3) is 1.49. The lowest BCUT2D eigenvalue weighted by molar-refractivity contribution is 0.588. The van der Waals surface area contributed by atoms with Crippen LogP contribution in [-0.4, -0.2) is 4.33 Å². The fourth-order valence-corrected chi connectivity index (χ4v) is 1.83. The van der Waals surface area contributed by atoms with Crippen LogP contribution in [0.5, 0.6) is 0 Å². The Kier molecular flexibility index (Phi) is 2.04. The minimum atomic E-state index is -0.446. The molecule has 0 aromatic carbocycles. The second kappa shape index (κ2) is 2.42. The molecule has 0 aromatic rings. The average molecular weight is 179 g/mol. The van der Waals surface area contributed by atoms with Gasteiger partial charge >= 0.3 is 0 Å². The third-order valence-electron chi connectivity index (χ3n) is 2.26. The van der Waals surface area contributed by atoms with Crippen LogP contribution in [0.2, 0.25) is 0 Å². The largest absolute Gasteiger partial charge is 0.122 e. The summed E-state index contributed by atoms with van der Waals surface area (Å²) in [5, 5.41) is 0. The number of hydrogen-bond acceptors (Lipinski definition) is 0. The Morgan fingerprint density at radius 3 is 2.20 bits per heavy atom. The van der Waals surface area contributed by atoms with Crippen LogP contribution in [0.4, 0.5) is 0 Å². The van der Waals surface area contributed by atoms with Gasteiger partial charge in [0.1, 0.15) is 4.33 Å². The van der Waals surface area contributed by atoms with E-state index >= 15 is 0 Å². The summed E-state index contributed by atoms with van der Waals surface area (Å²) in [5.74, 6) is 0.906. The predicted molar refractivity (Wildman–Crippen MR) is 46.5 cm³/mol. The summed E-state index contributed by atoms with van der Waals surface area (Å²) in [5.41, 5.74) is 1.17. The molecule has 0 saturated heterocycles. The van der Waals surface area contributed by atoms with Gasteiger partial charge in [-0.25, -0.2) is 0 Å². The van der Waals surface area contributed by atoms with E-state index in [1.165, 1.54) is 5.57 Å². The minimum Gasteiger partial charge on any atom is -0.101 e. The second-order valence-corrected chi connectivity index (χ2v) is 4.75. The van der Waals surface area contributed by atoms with Crippen molar-refractivity contribution in [1.29, 1.82) is 0 Å². The molecule has 1 saturated carbocycles. The summed E-state index contributed by atoms with van der Waals surface area (Å²) in [7, 11) is 0. The van der Waals surface area contributed by atoms with E-state index in [2.05, 4.69) is 13.5 Å². The van der Waals surface area contributed by atoms with Crippen molar-refractivity contribution in [1.82, 2.24) is 0 Å². The van der Waals surface area contributed by atoms with Gasteiger partial charge in [0.05, 0.1) is 0 Å². The van der Waals surface area contributed by atoms with Crippen LogP contribution in [0.1, 0.15) is 20.3 Å². The summed E-state index contributed by atoms with van der Waals surface area (Å²) in [6.45, 7) is 8.01. The number of halogens is 2. The molecule has 0 amide bonds. The molecule has 58 valence electrons. The maximum atomic E-state index is 5.87. The van der Waals surface area contributed by atoms with Crippen molar-refractivity contribution in [2.75, 3.05) is 0 Å². The molecule has 0 nitrogen and oxygen atoms in total. The quantitative estimate of drug-likeness (QED) is 0.450. The molecule has 1 fully saturated rings. The van der Waals surface area contributed by atoms with Crippen LogP contribution in [-0.2, 0) is 0 Å². The van der Waals surface area contributed by atoms with Gasteiger partial charge in [0.25, 0.3) is 0 Å². The summed E-state index contributed by atoms with van der Waals surface area (Å²) in [6, 6.07) is 0. The van der Waals surface area contributed by atoms with E-state index < -0.39 is 4.33 Å². The molecule has 0 aromatic heterocycles. The zero-order valence-electron chi connectivity index (χ0n) is 6.32. The van der Waals surface area contributed by atoms with Crippen molar-refractivity contribution in [2.45, 2.75) is 24.6 Å². The third-order valence-corrected chi connectivity index (χ3v) is 3.12. The highest BCUT2D eigenvalue weighted by Gasteiger charge is 2.54. The van der Waals surface area contributed by atoms with Crippen molar-refractivity contribution < 1.29 is 0 Å². The zero-order chi connectivity index (χ0) is 7.94. The van der Waals surface area contributed by atoms with Gasteiger partial charge in [0.2, 0.25) is 0 Å².